The highest BCUT2D eigenvalue weighted by molar-refractivity contribution is 6.10. The summed E-state index contributed by atoms with van der Waals surface area (Å²) in [6.45, 7) is 5.67. The van der Waals surface area contributed by atoms with E-state index in [-0.39, 0.29) is 17.4 Å². The van der Waals surface area contributed by atoms with E-state index >= 15 is 0 Å². The lowest BCUT2D eigenvalue weighted by Crippen LogP contribution is -2.68. The molecule has 1 N–H and O–H groups in total. The maximum atomic E-state index is 14.5. The van der Waals surface area contributed by atoms with Crippen LogP contribution in [0.3, 0.4) is 0 Å². The number of ketones is 1. The van der Waals surface area contributed by atoms with Gasteiger partial charge in [-0.15, -0.1) is 0 Å². The Hall–Kier alpha value is -3.46. The number of hydrogen-bond acceptors (Lipinski definition) is 8. The summed E-state index contributed by atoms with van der Waals surface area (Å²) in [7, 11) is 7.98. The van der Waals surface area contributed by atoms with Gasteiger partial charge in [0, 0.05) is 16.7 Å². The molecular formula is C28H34N2O7. The summed E-state index contributed by atoms with van der Waals surface area (Å²) in [6, 6.07) is -0.382. The number of Topliss-reactive ketones (excluding diaryl/α,β-unsaturated/α-hetero) is 1. The van der Waals surface area contributed by atoms with Crippen LogP contribution in [0.25, 0.3) is 0 Å². The van der Waals surface area contributed by atoms with Crippen molar-refractivity contribution in [2.75, 3.05) is 35.5 Å². The van der Waals surface area contributed by atoms with Crippen molar-refractivity contribution in [3.8, 4) is 28.7 Å². The number of methoxy groups -OCH3 is 4. The summed E-state index contributed by atoms with van der Waals surface area (Å²) in [5, 5.41) is 11.4. The number of benzene rings is 2. The van der Waals surface area contributed by atoms with E-state index in [1.807, 2.05) is 38.8 Å². The third kappa shape index (κ3) is 3.13. The predicted octanol–water partition coefficient (Wildman–Crippen LogP) is 3.50. The Morgan fingerprint density at radius 1 is 0.919 bits per heavy atom. The summed E-state index contributed by atoms with van der Waals surface area (Å²) in [6.07, 6.45) is 0.978. The van der Waals surface area contributed by atoms with Crippen LogP contribution in [0.1, 0.15) is 63.6 Å². The van der Waals surface area contributed by atoms with Crippen LogP contribution in [-0.2, 0) is 11.2 Å². The fourth-order valence-corrected chi connectivity index (χ4v) is 6.87. The highest BCUT2D eigenvalue weighted by atomic mass is 16.5. The van der Waals surface area contributed by atoms with Crippen molar-refractivity contribution >= 4 is 11.7 Å². The number of piperazine rings is 1. The number of nitrogens with zero attached hydrogens (tertiary/aromatic N) is 2. The molecule has 2 bridgehead atoms. The lowest BCUT2D eigenvalue weighted by molar-refractivity contribution is -0.153. The molecule has 1 amide bonds. The summed E-state index contributed by atoms with van der Waals surface area (Å²) in [4.78, 5) is 32.3. The number of ether oxygens (including phenoxy) is 4. The van der Waals surface area contributed by atoms with Gasteiger partial charge in [0.05, 0.1) is 52.1 Å². The van der Waals surface area contributed by atoms with Crippen molar-refractivity contribution < 1.29 is 33.6 Å². The van der Waals surface area contributed by atoms with E-state index in [2.05, 4.69) is 0 Å². The topological polar surface area (TPSA) is 97.8 Å². The fraction of sp³-hybridized carbons (Fsp3) is 0.500. The first-order valence-electron chi connectivity index (χ1n) is 12.5. The van der Waals surface area contributed by atoms with E-state index in [9.17, 15) is 14.7 Å². The van der Waals surface area contributed by atoms with E-state index in [1.165, 1.54) is 21.3 Å². The van der Waals surface area contributed by atoms with Crippen LogP contribution < -0.4 is 18.9 Å². The Labute approximate surface area is 216 Å². The monoisotopic (exact) mass is 510 g/mol. The van der Waals surface area contributed by atoms with Gasteiger partial charge >= 0.3 is 0 Å². The van der Waals surface area contributed by atoms with Gasteiger partial charge in [-0.25, -0.2) is 0 Å². The maximum absolute atomic E-state index is 14.5. The lowest BCUT2D eigenvalue weighted by atomic mass is 9.72. The van der Waals surface area contributed by atoms with Gasteiger partial charge in [0.25, 0.3) is 0 Å². The molecule has 0 aromatic heterocycles. The molecular weight excluding hydrogens is 476 g/mol. The third-order valence-corrected chi connectivity index (χ3v) is 8.36. The van der Waals surface area contributed by atoms with Gasteiger partial charge in [-0.2, -0.15) is 0 Å². The number of hydrogen-bond donors (Lipinski definition) is 1. The van der Waals surface area contributed by atoms with Gasteiger partial charge in [0.1, 0.15) is 11.8 Å². The van der Waals surface area contributed by atoms with Crippen LogP contribution in [0.4, 0.5) is 0 Å². The van der Waals surface area contributed by atoms with Crippen LogP contribution in [-0.4, -0.2) is 74.2 Å². The molecule has 3 aliphatic rings. The minimum Gasteiger partial charge on any atom is -0.504 e. The van der Waals surface area contributed by atoms with Gasteiger partial charge in [-0.1, -0.05) is 13.0 Å². The Morgan fingerprint density at radius 3 is 2.11 bits per heavy atom. The number of likely N-dealkylation sites (N-methyl/N-ethyl adjacent to an activating group) is 1. The molecule has 3 heterocycles. The SMILES string of the molecule is CC[C@H]1c2c(OC)c(OC)c(C)c(OC)c2C(=O)C2[C@H]3c4c(cc(C)c(OC)c4O)C[C@@H](C(=O)N21)N3C. The number of phenols is 1. The number of aromatic hydroxyl groups is 1. The first-order valence-corrected chi connectivity index (χ1v) is 12.5. The predicted molar refractivity (Wildman–Crippen MR) is 136 cm³/mol. The van der Waals surface area contributed by atoms with Crippen molar-refractivity contribution in [2.45, 2.75) is 57.8 Å². The van der Waals surface area contributed by atoms with Crippen LogP contribution in [0.2, 0.25) is 0 Å². The fourth-order valence-electron chi connectivity index (χ4n) is 6.87. The van der Waals surface area contributed by atoms with E-state index in [0.717, 1.165) is 11.1 Å². The van der Waals surface area contributed by atoms with Gasteiger partial charge < -0.3 is 29.0 Å². The van der Waals surface area contributed by atoms with Gasteiger partial charge in [-0.05, 0) is 44.9 Å². The number of aryl methyl sites for hydroxylation is 1. The Bertz CT molecular complexity index is 1320. The molecule has 2 aromatic carbocycles. The van der Waals surface area contributed by atoms with E-state index < -0.39 is 24.2 Å². The number of rotatable bonds is 5. The first kappa shape index (κ1) is 25.2. The van der Waals surface area contributed by atoms with Crippen molar-refractivity contribution in [3.63, 3.8) is 0 Å². The zero-order valence-corrected chi connectivity index (χ0v) is 22.6. The molecule has 0 radical (unpaired) electrons. The second kappa shape index (κ2) is 8.83. The average Bonchev–Trinajstić information content (AvgIpc) is 2.87. The standard InChI is InChI=1S/C28H34N2O7/c1-9-15-18-19(25(35-6)13(3)26(36-7)27(18)37-8)22(31)21-20-17-14(10-12(2)24(34-5)23(17)32)11-16(29(20)4)28(33)30(15)21/h10,15-16,20-21,32H,9,11H2,1-8H3/t15-,16-,20+,21?/m0/s1. The minimum absolute atomic E-state index is 0.0178. The van der Waals surface area contributed by atoms with E-state index in [4.69, 9.17) is 18.9 Å². The maximum Gasteiger partial charge on any atom is 0.241 e. The van der Waals surface area contributed by atoms with Crippen molar-refractivity contribution in [1.29, 1.82) is 0 Å². The summed E-state index contributed by atoms with van der Waals surface area (Å²) in [5.74, 6) is 1.35. The molecule has 5 rings (SSSR count). The molecule has 1 saturated heterocycles. The van der Waals surface area contributed by atoms with Crippen LogP contribution >= 0.6 is 0 Å². The molecule has 2 aromatic rings. The minimum atomic E-state index is -0.866. The normalized spacial score (nSPS) is 24.3. The third-order valence-electron chi connectivity index (χ3n) is 8.36. The number of phenolic OH excluding ortho intramolecular Hbond substituents is 1. The molecule has 0 spiro atoms. The number of carbonyl (C=O) groups is 2. The smallest absolute Gasteiger partial charge is 0.241 e. The molecule has 3 aliphatic heterocycles. The molecule has 9 nitrogen and oxygen atoms in total. The largest absolute Gasteiger partial charge is 0.504 e. The second-order valence-corrected chi connectivity index (χ2v) is 9.97. The van der Waals surface area contributed by atoms with Gasteiger partial charge in [0.15, 0.2) is 28.8 Å². The summed E-state index contributed by atoms with van der Waals surface area (Å²) in [5.41, 5.74) is 3.93. The van der Waals surface area contributed by atoms with Crippen molar-refractivity contribution in [2.24, 2.45) is 0 Å². The van der Waals surface area contributed by atoms with Crippen molar-refractivity contribution in [3.05, 3.63) is 39.4 Å². The second-order valence-electron chi connectivity index (χ2n) is 9.97. The molecule has 4 atom stereocenters. The summed E-state index contributed by atoms with van der Waals surface area (Å²) < 4.78 is 22.8. The summed E-state index contributed by atoms with van der Waals surface area (Å²) >= 11 is 0. The lowest BCUT2D eigenvalue weighted by Gasteiger charge is -2.56. The highest BCUT2D eigenvalue weighted by Gasteiger charge is 2.58. The molecule has 37 heavy (non-hydrogen) atoms. The van der Waals surface area contributed by atoms with Gasteiger partial charge in [0.2, 0.25) is 5.91 Å². The molecule has 198 valence electrons. The highest BCUT2D eigenvalue weighted by Crippen LogP contribution is 2.57. The van der Waals surface area contributed by atoms with Gasteiger partial charge in [-0.3, -0.25) is 14.5 Å². The molecule has 9 heteroatoms. The van der Waals surface area contributed by atoms with E-state index in [0.29, 0.717) is 58.1 Å². The quantitative estimate of drug-likeness (QED) is 0.653. The number of fused-ring (bicyclic) bond motifs is 7. The molecule has 1 fully saturated rings. The molecule has 0 aliphatic carbocycles. The van der Waals surface area contributed by atoms with E-state index in [1.54, 1.807) is 12.0 Å². The Morgan fingerprint density at radius 2 is 1.54 bits per heavy atom. The zero-order valence-electron chi connectivity index (χ0n) is 22.6. The Kier molecular flexibility index (Phi) is 6.02. The Balaban J connectivity index is 1.84. The number of carbonyl (C=O) groups excluding carboxylic acids is 2. The average molecular weight is 511 g/mol. The molecule has 0 saturated carbocycles. The molecule has 1 unspecified atom stereocenters. The first-order chi connectivity index (χ1) is 17.7. The zero-order chi connectivity index (χ0) is 26.9. The van der Waals surface area contributed by atoms with Crippen LogP contribution in [0.5, 0.6) is 28.7 Å². The number of amides is 1. The van der Waals surface area contributed by atoms with Crippen molar-refractivity contribution in [1.82, 2.24) is 9.80 Å². The van der Waals surface area contributed by atoms with Crippen LogP contribution in [0.15, 0.2) is 6.07 Å². The van der Waals surface area contributed by atoms with Crippen LogP contribution in [0, 0.1) is 13.8 Å².